The Balaban J connectivity index is 2.45. The molecule has 102 valence electrons. The van der Waals surface area contributed by atoms with Crippen molar-refractivity contribution in [2.45, 2.75) is 27.2 Å². The highest BCUT2D eigenvalue weighted by Crippen LogP contribution is 2.27. The number of nitrogens with one attached hydrogen (secondary N) is 1. The van der Waals surface area contributed by atoms with Crippen molar-refractivity contribution in [2.24, 2.45) is 0 Å². The second-order valence-corrected chi connectivity index (χ2v) is 4.97. The third kappa shape index (κ3) is 1.76. The van der Waals surface area contributed by atoms with Gasteiger partial charge in [0, 0.05) is 22.5 Å². The van der Waals surface area contributed by atoms with Gasteiger partial charge in [-0.15, -0.1) is 0 Å². The fraction of sp³-hybridized carbons (Fsp3) is 0.250. The molecule has 0 radical (unpaired) electrons. The molecule has 0 spiro atoms. The second kappa shape index (κ2) is 4.63. The number of aromatic amines is 1. The van der Waals surface area contributed by atoms with E-state index in [1.54, 1.807) is 4.52 Å². The maximum Gasteiger partial charge on any atom is 0.275 e. The Morgan fingerprint density at radius 3 is 2.55 bits per heavy atom. The van der Waals surface area contributed by atoms with Gasteiger partial charge in [-0.05, 0) is 25.8 Å². The summed E-state index contributed by atoms with van der Waals surface area (Å²) in [5.74, 6) is 0. The lowest BCUT2D eigenvalue weighted by Crippen LogP contribution is -2.19. The van der Waals surface area contributed by atoms with Crippen molar-refractivity contribution in [2.75, 3.05) is 0 Å². The minimum atomic E-state index is -0.0237. The Hall–Kier alpha value is -2.36. The van der Waals surface area contributed by atoms with Crippen molar-refractivity contribution in [3.05, 3.63) is 57.6 Å². The third-order valence-electron chi connectivity index (χ3n) is 3.74. The molecule has 4 nitrogen and oxygen atoms in total. The molecule has 20 heavy (non-hydrogen) atoms. The van der Waals surface area contributed by atoms with Crippen molar-refractivity contribution in [1.29, 1.82) is 0 Å². The van der Waals surface area contributed by atoms with Crippen molar-refractivity contribution in [1.82, 2.24) is 14.6 Å². The molecule has 4 heteroatoms. The maximum absolute atomic E-state index is 12.4. The van der Waals surface area contributed by atoms with Gasteiger partial charge in [-0.25, -0.2) is 9.50 Å². The molecule has 0 amide bonds. The molecule has 3 aromatic rings. The topological polar surface area (TPSA) is 50.2 Å². The van der Waals surface area contributed by atoms with Crippen LogP contribution in [-0.2, 0) is 6.42 Å². The number of H-pyrrole nitrogens is 1. The first-order chi connectivity index (χ1) is 9.63. The predicted octanol–water partition coefficient (Wildman–Crippen LogP) is 2.87. The van der Waals surface area contributed by atoms with Crippen LogP contribution in [-0.4, -0.2) is 14.6 Å². The van der Waals surface area contributed by atoms with E-state index in [0.29, 0.717) is 11.2 Å². The van der Waals surface area contributed by atoms with Crippen LogP contribution in [0.15, 0.2) is 35.1 Å². The highest BCUT2D eigenvalue weighted by molar-refractivity contribution is 5.80. The number of hydrogen-bond donors (Lipinski definition) is 1. The number of hydrogen-bond acceptors (Lipinski definition) is 2. The molecular formula is C16H17N3O. The summed E-state index contributed by atoms with van der Waals surface area (Å²) < 4.78 is 1.56. The van der Waals surface area contributed by atoms with Crippen molar-refractivity contribution in [3.63, 3.8) is 0 Å². The van der Waals surface area contributed by atoms with Gasteiger partial charge >= 0.3 is 0 Å². The van der Waals surface area contributed by atoms with Gasteiger partial charge in [0.2, 0.25) is 0 Å². The second-order valence-electron chi connectivity index (χ2n) is 4.97. The van der Waals surface area contributed by atoms with E-state index in [2.05, 4.69) is 17.0 Å². The highest BCUT2D eigenvalue weighted by atomic mass is 16.1. The molecule has 1 aromatic carbocycles. The number of rotatable bonds is 2. The number of aromatic nitrogens is 3. The first kappa shape index (κ1) is 12.7. The zero-order valence-electron chi connectivity index (χ0n) is 11.9. The van der Waals surface area contributed by atoms with Gasteiger partial charge in [0.15, 0.2) is 5.65 Å². The number of fused-ring (bicyclic) bond motifs is 1. The zero-order chi connectivity index (χ0) is 14.3. The summed E-state index contributed by atoms with van der Waals surface area (Å²) in [5, 5.41) is 3.19. The summed E-state index contributed by atoms with van der Waals surface area (Å²) in [6.45, 7) is 5.76. The Morgan fingerprint density at radius 2 is 1.90 bits per heavy atom. The van der Waals surface area contributed by atoms with Crippen LogP contribution in [0.3, 0.4) is 0 Å². The van der Waals surface area contributed by atoms with E-state index in [4.69, 9.17) is 0 Å². The fourth-order valence-electron chi connectivity index (χ4n) is 2.47. The van der Waals surface area contributed by atoms with Crippen molar-refractivity contribution < 1.29 is 0 Å². The predicted molar refractivity (Wildman–Crippen MR) is 80.1 cm³/mol. The van der Waals surface area contributed by atoms with Crippen LogP contribution in [0.5, 0.6) is 0 Å². The van der Waals surface area contributed by atoms with Crippen LogP contribution in [0, 0.1) is 13.8 Å². The highest BCUT2D eigenvalue weighted by Gasteiger charge is 2.16. The van der Waals surface area contributed by atoms with E-state index in [1.165, 1.54) is 0 Å². The number of nitrogens with zero attached hydrogens (tertiary/aromatic N) is 2. The summed E-state index contributed by atoms with van der Waals surface area (Å²) in [5.41, 5.74) is 5.29. The molecule has 0 aliphatic heterocycles. The summed E-state index contributed by atoms with van der Waals surface area (Å²) in [6.07, 6.45) is 0.825. The minimum Gasteiger partial charge on any atom is -0.293 e. The smallest absolute Gasteiger partial charge is 0.275 e. The molecular weight excluding hydrogens is 250 g/mol. The van der Waals surface area contributed by atoms with E-state index in [1.807, 2.05) is 44.2 Å². The largest absolute Gasteiger partial charge is 0.293 e. The molecule has 1 N–H and O–H groups in total. The molecule has 0 saturated heterocycles. The molecule has 0 bridgehead atoms. The van der Waals surface area contributed by atoms with Gasteiger partial charge in [0.1, 0.15) is 0 Å². The van der Waals surface area contributed by atoms with Crippen LogP contribution < -0.4 is 5.56 Å². The zero-order valence-corrected chi connectivity index (χ0v) is 11.9. The maximum atomic E-state index is 12.4. The lowest BCUT2D eigenvalue weighted by atomic mass is 10.0. The molecule has 2 heterocycles. The molecule has 3 rings (SSSR count). The molecule has 0 aliphatic rings. The normalized spacial score (nSPS) is 11.2. The molecule has 2 aromatic heterocycles. The van der Waals surface area contributed by atoms with Crippen LogP contribution in [0.2, 0.25) is 0 Å². The average molecular weight is 267 g/mol. The van der Waals surface area contributed by atoms with E-state index in [9.17, 15) is 4.79 Å². The molecule has 0 aliphatic carbocycles. The van der Waals surface area contributed by atoms with Crippen molar-refractivity contribution in [3.8, 4) is 11.1 Å². The van der Waals surface area contributed by atoms with E-state index >= 15 is 0 Å². The number of benzene rings is 1. The monoisotopic (exact) mass is 267 g/mol. The Kier molecular flexibility index (Phi) is 2.93. The van der Waals surface area contributed by atoms with Gasteiger partial charge in [-0.3, -0.25) is 9.89 Å². The third-order valence-corrected chi connectivity index (χ3v) is 3.74. The molecule has 0 saturated carbocycles. The Morgan fingerprint density at radius 1 is 1.20 bits per heavy atom. The van der Waals surface area contributed by atoms with Crippen LogP contribution in [0.1, 0.15) is 23.9 Å². The summed E-state index contributed by atoms with van der Waals surface area (Å²) >= 11 is 0. The van der Waals surface area contributed by atoms with E-state index < -0.39 is 0 Å². The lowest BCUT2D eigenvalue weighted by molar-refractivity contribution is 0.841. The summed E-state index contributed by atoms with van der Waals surface area (Å²) in [6, 6.07) is 10.1. The van der Waals surface area contributed by atoms with Crippen LogP contribution in [0.4, 0.5) is 0 Å². The SMILES string of the molecule is CCc1[nH]n2c(=O)c(C)c(C)nc2c1-c1ccccc1. The van der Waals surface area contributed by atoms with Crippen LogP contribution >= 0.6 is 0 Å². The first-order valence-corrected chi connectivity index (χ1v) is 6.79. The van der Waals surface area contributed by atoms with Gasteiger partial charge in [0.25, 0.3) is 5.56 Å². The van der Waals surface area contributed by atoms with Gasteiger partial charge in [-0.2, -0.15) is 0 Å². The Bertz CT molecular complexity index is 828. The summed E-state index contributed by atoms with van der Waals surface area (Å²) in [4.78, 5) is 17.0. The minimum absolute atomic E-state index is 0.0237. The molecule has 0 fully saturated rings. The van der Waals surface area contributed by atoms with E-state index in [0.717, 1.165) is 28.9 Å². The van der Waals surface area contributed by atoms with Gasteiger partial charge in [0.05, 0.1) is 0 Å². The quantitative estimate of drug-likeness (QED) is 0.776. The first-order valence-electron chi connectivity index (χ1n) is 6.79. The van der Waals surface area contributed by atoms with Crippen molar-refractivity contribution >= 4 is 5.65 Å². The standard InChI is InChI=1S/C16H17N3O/c1-4-13-14(12-8-6-5-7-9-12)15-17-11(3)10(2)16(20)19(15)18-13/h5-9,18H,4H2,1-3H3. The van der Waals surface area contributed by atoms with Crippen LogP contribution in [0.25, 0.3) is 16.8 Å². The van der Waals surface area contributed by atoms with Gasteiger partial charge in [-0.1, -0.05) is 37.3 Å². The average Bonchev–Trinajstić information content (AvgIpc) is 2.84. The van der Waals surface area contributed by atoms with Gasteiger partial charge < -0.3 is 0 Å². The molecule has 0 unspecified atom stereocenters. The number of aryl methyl sites for hydroxylation is 2. The molecule has 0 atom stereocenters. The summed E-state index contributed by atoms with van der Waals surface area (Å²) in [7, 11) is 0. The Labute approximate surface area is 117 Å². The lowest BCUT2D eigenvalue weighted by Gasteiger charge is -2.03. The fourth-order valence-corrected chi connectivity index (χ4v) is 2.47. The van der Waals surface area contributed by atoms with E-state index in [-0.39, 0.29) is 5.56 Å².